The van der Waals surface area contributed by atoms with Crippen LogP contribution in [-0.4, -0.2) is 16.6 Å². The Bertz CT molecular complexity index is 861. The SMILES string of the molecule is CC1=C(Cc2ccccc2)C(=O)c2c(C)nc(C)c(C)c2C1=O. The zero-order valence-electron chi connectivity index (χ0n) is 13.9. The summed E-state index contributed by atoms with van der Waals surface area (Å²) in [6.07, 6.45) is 0.475. The molecule has 23 heavy (non-hydrogen) atoms. The molecule has 2 aromatic rings. The Morgan fingerprint density at radius 3 is 2.13 bits per heavy atom. The van der Waals surface area contributed by atoms with Crippen molar-refractivity contribution in [3.05, 3.63) is 75.1 Å². The third-order valence-electron chi connectivity index (χ3n) is 4.61. The zero-order chi connectivity index (χ0) is 16.7. The number of benzene rings is 1. The minimum Gasteiger partial charge on any atom is -0.289 e. The molecule has 0 saturated heterocycles. The summed E-state index contributed by atoms with van der Waals surface area (Å²) in [6.45, 7) is 7.30. The van der Waals surface area contributed by atoms with Crippen LogP contribution in [0.1, 0.15) is 50.2 Å². The molecule has 0 N–H and O–H groups in total. The minimum atomic E-state index is -0.0611. The Hall–Kier alpha value is -2.55. The van der Waals surface area contributed by atoms with Crippen molar-refractivity contribution in [1.82, 2.24) is 4.98 Å². The lowest BCUT2D eigenvalue weighted by Gasteiger charge is -2.23. The first-order valence-electron chi connectivity index (χ1n) is 7.72. The number of pyridine rings is 1. The summed E-state index contributed by atoms with van der Waals surface area (Å²) < 4.78 is 0. The number of carbonyl (C=O) groups excluding carboxylic acids is 2. The van der Waals surface area contributed by atoms with Gasteiger partial charge in [0.25, 0.3) is 0 Å². The summed E-state index contributed by atoms with van der Waals surface area (Å²) >= 11 is 0. The topological polar surface area (TPSA) is 47.0 Å². The van der Waals surface area contributed by atoms with Crippen LogP contribution in [0.4, 0.5) is 0 Å². The molecule has 1 aliphatic carbocycles. The Balaban J connectivity index is 2.16. The van der Waals surface area contributed by atoms with Gasteiger partial charge in [0.15, 0.2) is 11.6 Å². The summed E-state index contributed by atoms with van der Waals surface area (Å²) in [7, 11) is 0. The number of ketones is 2. The average molecular weight is 305 g/mol. The van der Waals surface area contributed by atoms with Gasteiger partial charge in [-0.2, -0.15) is 0 Å². The van der Waals surface area contributed by atoms with Gasteiger partial charge < -0.3 is 0 Å². The second kappa shape index (κ2) is 5.58. The molecular formula is C20H19NO2. The van der Waals surface area contributed by atoms with Crippen molar-refractivity contribution in [1.29, 1.82) is 0 Å². The lowest BCUT2D eigenvalue weighted by atomic mass is 9.80. The van der Waals surface area contributed by atoms with E-state index in [1.807, 2.05) is 44.2 Å². The van der Waals surface area contributed by atoms with Crippen LogP contribution in [0.25, 0.3) is 0 Å². The maximum atomic E-state index is 13.0. The van der Waals surface area contributed by atoms with Crippen molar-refractivity contribution in [3.63, 3.8) is 0 Å². The van der Waals surface area contributed by atoms with Crippen LogP contribution in [0.15, 0.2) is 41.5 Å². The predicted molar refractivity (Wildman–Crippen MR) is 90.0 cm³/mol. The van der Waals surface area contributed by atoms with Gasteiger partial charge in [-0.1, -0.05) is 30.3 Å². The van der Waals surface area contributed by atoms with E-state index in [2.05, 4.69) is 4.98 Å². The van der Waals surface area contributed by atoms with E-state index in [-0.39, 0.29) is 11.6 Å². The van der Waals surface area contributed by atoms with E-state index in [1.54, 1.807) is 13.8 Å². The molecule has 0 aliphatic heterocycles. The van der Waals surface area contributed by atoms with E-state index < -0.39 is 0 Å². The van der Waals surface area contributed by atoms with Gasteiger partial charge in [0.1, 0.15) is 0 Å². The van der Waals surface area contributed by atoms with Crippen molar-refractivity contribution < 1.29 is 9.59 Å². The van der Waals surface area contributed by atoms with Crippen LogP contribution in [0, 0.1) is 20.8 Å². The van der Waals surface area contributed by atoms with E-state index in [0.717, 1.165) is 16.8 Å². The number of fused-ring (bicyclic) bond motifs is 1. The number of carbonyl (C=O) groups is 2. The van der Waals surface area contributed by atoms with Gasteiger partial charge in [0.2, 0.25) is 0 Å². The van der Waals surface area contributed by atoms with Crippen LogP contribution >= 0.6 is 0 Å². The van der Waals surface area contributed by atoms with Crippen molar-refractivity contribution in [3.8, 4) is 0 Å². The molecule has 3 nitrogen and oxygen atoms in total. The largest absolute Gasteiger partial charge is 0.289 e. The van der Waals surface area contributed by atoms with Gasteiger partial charge in [-0.25, -0.2) is 0 Å². The Labute approximate surface area is 136 Å². The Morgan fingerprint density at radius 1 is 0.826 bits per heavy atom. The number of allylic oxidation sites excluding steroid dienone is 2. The quantitative estimate of drug-likeness (QED) is 0.844. The van der Waals surface area contributed by atoms with Crippen molar-refractivity contribution >= 4 is 11.6 Å². The number of nitrogens with zero attached hydrogens (tertiary/aromatic N) is 1. The van der Waals surface area contributed by atoms with Gasteiger partial charge >= 0.3 is 0 Å². The van der Waals surface area contributed by atoms with Crippen molar-refractivity contribution in [2.24, 2.45) is 0 Å². The summed E-state index contributed by atoms with van der Waals surface area (Å²) in [4.78, 5) is 30.3. The van der Waals surface area contributed by atoms with E-state index in [9.17, 15) is 9.59 Å². The van der Waals surface area contributed by atoms with Crippen LogP contribution in [0.3, 0.4) is 0 Å². The molecule has 1 aromatic carbocycles. The third-order valence-corrected chi connectivity index (χ3v) is 4.61. The lowest BCUT2D eigenvalue weighted by molar-refractivity contribution is 0.0971. The summed E-state index contributed by atoms with van der Waals surface area (Å²) in [5, 5.41) is 0. The second-order valence-corrected chi connectivity index (χ2v) is 6.08. The number of hydrogen-bond acceptors (Lipinski definition) is 3. The maximum absolute atomic E-state index is 13.0. The molecule has 1 aliphatic rings. The number of Topliss-reactive ketones (excluding diaryl/α,β-unsaturated/α-hetero) is 2. The molecule has 1 aromatic heterocycles. The number of hydrogen-bond donors (Lipinski definition) is 0. The van der Waals surface area contributed by atoms with Crippen LogP contribution in [-0.2, 0) is 6.42 Å². The van der Waals surface area contributed by atoms with Crippen LogP contribution in [0.2, 0.25) is 0 Å². The minimum absolute atomic E-state index is 0.0448. The molecule has 0 saturated carbocycles. The molecule has 1 heterocycles. The maximum Gasteiger partial charge on any atom is 0.192 e. The fourth-order valence-corrected chi connectivity index (χ4v) is 3.16. The van der Waals surface area contributed by atoms with E-state index >= 15 is 0 Å². The second-order valence-electron chi connectivity index (χ2n) is 6.08. The normalized spacial score (nSPS) is 14.3. The highest BCUT2D eigenvalue weighted by Gasteiger charge is 2.33. The molecule has 0 amide bonds. The summed E-state index contributed by atoms with van der Waals surface area (Å²) in [5.74, 6) is -0.106. The highest BCUT2D eigenvalue weighted by molar-refractivity contribution is 6.27. The molecule has 0 fully saturated rings. The van der Waals surface area contributed by atoms with E-state index in [1.165, 1.54) is 0 Å². The fraction of sp³-hybridized carbons (Fsp3) is 0.250. The highest BCUT2D eigenvalue weighted by atomic mass is 16.1. The first-order valence-corrected chi connectivity index (χ1v) is 7.72. The zero-order valence-corrected chi connectivity index (χ0v) is 13.9. The molecule has 116 valence electrons. The molecule has 0 spiro atoms. The molecular weight excluding hydrogens is 286 g/mol. The number of aromatic nitrogens is 1. The first-order chi connectivity index (χ1) is 10.9. The summed E-state index contributed by atoms with van der Waals surface area (Å²) in [6, 6.07) is 9.76. The molecule has 3 rings (SSSR count). The molecule has 0 bridgehead atoms. The lowest BCUT2D eigenvalue weighted by Crippen LogP contribution is -2.25. The smallest absolute Gasteiger partial charge is 0.192 e. The van der Waals surface area contributed by atoms with Gasteiger partial charge in [0, 0.05) is 34.5 Å². The third kappa shape index (κ3) is 2.42. The van der Waals surface area contributed by atoms with Gasteiger partial charge in [-0.15, -0.1) is 0 Å². The van der Waals surface area contributed by atoms with Crippen molar-refractivity contribution in [2.75, 3.05) is 0 Å². The number of aryl methyl sites for hydroxylation is 2. The Morgan fingerprint density at radius 2 is 1.48 bits per heavy atom. The Kier molecular flexibility index (Phi) is 3.72. The predicted octanol–water partition coefficient (Wildman–Crippen LogP) is 3.95. The molecule has 0 unspecified atom stereocenters. The van der Waals surface area contributed by atoms with E-state index in [0.29, 0.717) is 34.4 Å². The van der Waals surface area contributed by atoms with Gasteiger partial charge in [0.05, 0.1) is 5.56 Å². The van der Waals surface area contributed by atoms with Gasteiger partial charge in [-0.05, 0) is 38.8 Å². The van der Waals surface area contributed by atoms with Crippen molar-refractivity contribution in [2.45, 2.75) is 34.1 Å². The monoisotopic (exact) mass is 305 g/mol. The number of rotatable bonds is 2. The highest BCUT2D eigenvalue weighted by Crippen LogP contribution is 2.32. The van der Waals surface area contributed by atoms with E-state index in [4.69, 9.17) is 0 Å². The average Bonchev–Trinajstić information content (AvgIpc) is 2.53. The fourth-order valence-electron chi connectivity index (χ4n) is 3.16. The summed E-state index contributed by atoms with van der Waals surface area (Å²) in [5.41, 5.74) is 5.44. The van der Waals surface area contributed by atoms with Crippen LogP contribution < -0.4 is 0 Å². The molecule has 0 atom stereocenters. The molecule has 0 radical (unpaired) electrons. The van der Waals surface area contributed by atoms with Crippen LogP contribution in [0.5, 0.6) is 0 Å². The standard InChI is InChI=1S/C20H19NO2/c1-11-13(3)21-14(4)18-17(11)19(22)12(2)16(20(18)23)10-15-8-6-5-7-9-15/h5-9H,10H2,1-4H3. The first kappa shape index (κ1) is 15.3. The molecule has 3 heteroatoms. The van der Waals surface area contributed by atoms with Gasteiger partial charge in [-0.3, -0.25) is 14.6 Å².